The first-order chi connectivity index (χ1) is 13.3. The molecule has 2 rings (SSSR count). The number of carbonyl (C=O) groups excluding carboxylic acids is 3. The van der Waals surface area contributed by atoms with Crippen LogP contribution in [0.3, 0.4) is 0 Å². The fraction of sp³-hybridized carbons (Fsp3) is 0.783. The second-order valence-electron chi connectivity index (χ2n) is 11.0. The van der Waals surface area contributed by atoms with E-state index < -0.39 is 28.0 Å². The molecular formula is C23H40N2O5. The maximum atomic E-state index is 12.0. The Morgan fingerprint density at radius 2 is 1.20 bits per heavy atom. The number of carbonyl (C=O) groups is 3. The third-order valence-electron chi connectivity index (χ3n) is 5.14. The Morgan fingerprint density at radius 1 is 0.833 bits per heavy atom. The summed E-state index contributed by atoms with van der Waals surface area (Å²) < 4.78 is 10.7. The molecule has 7 nitrogen and oxygen atoms in total. The Bertz CT molecular complexity index is 643. The summed E-state index contributed by atoms with van der Waals surface area (Å²) in [4.78, 5) is 39.5. The van der Waals surface area contributed by atoms with Gasteiger partial charge in [-0.05, 0) is 75.1 Å². The highest BCUT2D eigenvalue weighted by Crippen LogP contribution is 2.35. The van der Waals surface area contributed by atoms with Crippen LogP contribution in [0.2, 0.25) is 0 Å². The molecule has 0 amide bonds. The molecule has 0 saturated carbocycles. The predicted molar refractivity (Wildman–Crippen MR) is 117 cm³/mol. The first-order valence-corrected chi connectivity index (χ1v) is 10.4. The number of ketones is 1. The van der Waals surface area contributed by atoms with E-state index in [1.807, 2.05) is 46.7 Å². The predicted octanol–water partition coefficient (Wildman–Crippen LogP) is 2.68. The van der Waals surface area contributed by atoms with Gasteiger partial charge in [-0.15, -0.1) is 0 Å². The molecule has 0 aromatic heterocycles. The molecule has 2 aliphatic heterocycles. The molecule has 7 heteroatoms. The van der Waals surface area contributed by atoms with Gasteiger partial charge in [0.1, 0.15) is 16.6 Å². The lowest BCUT2D eigenvalue weighted by Gasteiger charge is -2.28. The number of nitrogens with zero attached hydrogens (tertiary/aromatic N) is 2. The van der Waals surface area contributed by atoms with E-state index in [0.29, 0.717) is 19.6 Å². The van der Waals surface area contributed by atoms with Crippen LogP contribution in [0.25, 0.3) is 0 Å². The van der Waals surface area contributed by atoms with Crippen molar-refractivity contribution in [2.24, 2.45) is 10.8 Å². The van der Waals surface area contributed by atoms with Crippen LogP contribution >= 0.6 is 0 Å². The molecule has 172 valence electrons. The summed E-state index contributed by atoms with van der Waals surface area (Å²) >= 11 is 0. The van der Waals surface area contributed by atoms with Crippen molar-refractivity contribution in [3.05, 3.63) is 12.2 Å². The lowest BCUT2D eigenvalue weighted by molar-refractivity contribution is -0.167. The Labute approximate surface area is 181 Å². The van der Waals surface area contributed by atoms with E-state index in [1.54, 1.807) is 27.7 Å². The van der Waals surface area contributed by atoms with E-state index in [1.165, 1.54) is 0 Å². The molecule has 0 aromatic rings. The Balaban J connectivity index is 0.000000300. The summed E-state index contributed by atoms with van der Waals surface area (Å²) in [6, 6.07) is 0. The molecular weight excluding hydrogens is 384 g/mol. The van der Waals surface area contributed by atoms with Crippen LogP contribution in [-0.2, 0) is 23.9 Å². The zero-order valence-electron chi connectivity index (χ0n) is 20.5. The highest BCUT2D eigenvalue weighted by molar-refractivity contribution is 6.06. The number of likely N-dealkylation sites (tertiary alicyclic amines) is 2. The summed E-state index contributed by atoms with van der Waals surface area (Å²) in [7, 11) is 3.81. The molecule has 0 N–H and O–H groups in total. The third-order valence-corrected chi connectivity index (χ3v) is 5.14. The zero-order valence-corrected chi connectivity index (χ0v) is 20.5. The van der Waals surface area contributed by atoms with Crippen molar-refractivity contribution in [1.29, 1.82) is 0 Å². The normalized spacial score (nSPS) is 28.2. The number of hydrogen-bond donors (Lipinski definition) is 0. The second kappa shape index (κ2) is 8.79. The maximum Gasteiger partial charge on any atom is 0.321 e. The van der Waals surface area contributed by atoms with E-state index in [9.17, 15) is 14.4 Å². The highest BCUT2D eigenvalue weighted by Gasteiger charge is 2.49. The first kappa shape index (κ1) is 26.3. The average Bonchev–Trinajstić information content (AvgIpc) is 2.92. The van der Waals surface area contributed by atoms with Crippen LogP contribution in [0.5, 0.6) is 0 Å². The molecule has 0 aromatic carbocycles. The van der Waals surface area contributed by atoms with E-state index in [2.05, 4.69) is 11.5 Å². The molecule has 0 bridgehead atoms. The van der Waals surface area contributed by atoms with Gasteiger partial charge in [-0.2, -0.15) is 0 Å². The van der Waals surface area contributed by atoms with Crippen LogP contribution in [0, 0.1) is 10.8 Å². The molecule has 0 spiro atoms. The molecule has 2 aliphatic rings. The SMILES string of the molecule is C=C1CN(C)C[C@@]1(C)C(=O)OC(C)(C)C.CN1CC(=O)[C@](C)(C(=O)OC(C)(C)C)C1. The van der Waals surface area contributed by atoms with Crippen LogP contribution in [0.1, 0.15) is 55.4 Å². The fourth-order valence-electron chi connectivity index (χ4n) is 3.48. The van der Waals surface area contributed by atoms with Gasteiger partial charge in [0.25, 0.3) is 0 Å². The van der Waals surface area contributed by atoms with Crippen molar-refractivity contribution in [3.8, 4) is 0 Å². The highest BCUT2D eigenvalue weighted by atomic mass is 16.6. The zero-order chi connectivity index (χ0) is 23.7. The minimum atomic E-state index is -0.984. The smallest absolute Gasteiger partial charge is 0.321 e. The number of hydrogen-bond acceptors (Lipinski definition) is 7. The second-order valence-corrected chi connectivity index (χ2v) is 11.0. The Kier molecular flexibility index (Phi) is 7.71. The molecule has 30 heavy (non-hydrogen) atoms. The van der Waals surface area contributed by atoms with Crippen LogP contribution in [-0.4, -0.2) is 79.0 Å². The van der Waals surface area contributed by atoms with Crippen LogP contribution in [0.15, 0.2) is 12.2 Å². The molecule has 2 atom stereocenters. The first-order valence-electron chi connectivity index (χ1n) is 10.4. The van der Waals surface area contributed by atoms with Crippen molar-refractivity contribution < 1.29 is 23.9 Å². The standard InChI is InChI=1S/C12H21NO2.C11H19NO3/c1-9-7-13(6)8-12(9,5)10(14)15-11(2,3)4;1-10(2,3)15-9(14)11(4)7-12(5)6-8(11)13/h1,7-8H2,2-6H3;6-7H2,1-5H3/t12-;11-/m11/s1. The number of esters is 2. The molecule has 2 saturated heterocycles. The number of rotatable bonds is 2. The van der Waals surface area contributed by atoms with Crippen LogP contribution < -0.4 is 0 Å². The van der Waals surface area contributed by atoms with Gasteiger partial charge in [-0.1, -0.05) is 6.58 Å². The molecule has 2 fully saturated rings. The summed E-state index contributed by atoms with van der Waals surface area (Å²) in [5, 5.41) is 0. The average molecular weight is 425 g/mol. The quantitative estimate of drug-likeness (QED) is 0.383. The van der Waals surface area contributed by atoms with Crippen molar-refractivity contribution in [1.82, 2.24) is 9.80 Å². The van der Waals surface area contributed by atoms with Crippen molar-refractivity contribution in [3.63, 3.8) is 0 Å². The van der Waals surface area contributed by atoms with Gasteiger partial charge < -0.3 is 14.4 Å². The van der Waals surface area contributed by atoms with Gasteiger partial charge in [0, 0.05) is 19.6 Å². The van der Waals surface area contributed by atoms with Gasteiger partial charge in [0.15, 0.2) is 5.78 Å². The topological polar surface area (TPSA) is 76.2 Å². The lowest BCUT2D eigenvalue weighted by Crippen LogP contribution is -2.41. The summed E-state index contributed by atoms with van der Waals surface area (Å²) in [6.07, 6.45) is 0. The van der Waals surface area contributed by atoms with Gasteiger partial charge in [-0.25, -0.2) is 0 Å². The van der Waals surface area contributed by atoms with Crippen molar-refractivity contribution in [2.45, 2.75) is 66.6 Å². The van der Waals surface area contributed by atoms with E-state index in [0.717, 1.165) is 12.1 Å². The van der Waals surface area contributed by atoms with E-state index in [4.69, 9.17) is 9.47 Å². The minimum Gasteiger partial charge on any atom is -0.459 e. The van der Waals surface area contributed by atoms with Crippen molar-refractivity contribution >= 4 is 17.7 Å². The number of Topliss-reactive ketones (excluding diaryl/α,β-unsaturated/α-hetero) is 1. The summed E-state index contributed by atoms with van der Waals surface area (Å²) in [5.41, 5.74) is -1.55. The molecule has 0 aliphatic carbocycles. The van der Waals surface area contributed by atoms with Gasteiger partial charge in [0.2, 0.25) is 0 Å². The molecule has 2 heterocycles. The Hall–Kier alpha value is -1.73. The summed E-state index contributed by atoms with van der Waals surface area (Å²) in [6.45, 7) is 20.8. The summed E-state index contributed by atoms with van der Waals surface area (Å²) in [5.74, 6) is -0.632. The monoisotopic (exact) mass is 424 g/mol. The third kappa shape index (κ3) is 6.64. The minimum absolute atomic E-state index is 0.0562. The number of ether oxygens (including phenoxy) is 2. The largest absolute Gasteiger partial charge is 0.459 e. The number of likely N-dealkylation sites (N-methyl/N-ethyl adjacent to an activating group) is 2. The van der Waals surface area contributed by atoms with Gasteiger partial charge in [-0.3, -0.25) is 19.3 Å². The van der Waals surface area contributed by atoms with E-state index in [-0.39, 0.29) is 11.8 Å². The van der Waals surface area contributed by atoms with Crippen molar-refractivity contribution in [2.75, 3.05) is 40.3 Å². The van der Waals surface area contributed by atoms with Gasteiger partial charge >= 0.3 is 11.9 Å². The Morgan fingerprint density at radius 3 is 1.50 bits per heavy atom. The fourth-order valence-corrected chi connectivity index (χ4v) is 3.48. The van der Waals surface area contributed by atoms with Gasteiger partial charge in [0.05, 0.1) is 12.0 Å². The van der Waals surface area contributed by atoms with Crippen LogP contribution in [0.4, 0.5) is 0 Å². The molecule has 0 radical (unpaired) electrons. The molecule has 0 unspecified atom stereocenters. The maximum absolute atomic E-state index is 12.0. The van der Waals surface area contributed by atoms with E-state index >= 15 is 0 Å². The lowest BCUT2D eigenvalue weighted by atomic mass is 9.86.